The molecule has 0 aliphatic carbocycles. The molecule has 1 fully saturated rings. The van der Waals surface area contributed by atoms with E-state index < -0.39 is 17.9 Å². The monoisotopic (exact) mass is 374 g/mol. The van der Waals surface area contributed by atoms with Crippen molar-refractivity contribution in [2.45, 2.75) is 6.10 Å². The Labute approximate surface area is 156 Å². The molecule has 3 atom stereocenters. The van der Waals surface area contributed by atoms with Crippen molar-refractivity contribution in [2.24, 2.45) is 11.8 Å². The van der Waals surface area contributed by atoms with Gasteiger partial charge in [0.05, 0.1) is 32.8 Å². The summed E-state index contributed by atoms with van der Waals surface area (Å²) >= 11 is 0. The van der Waals surface area contributed by atoms with Gasteiger partial charge in [-0.05, 0) is 35.9 Å². The molecule has 0 amide bonds. The summed E-state index contributed by atoms with van der Waals surface area (Å²) < 4.78 is 15.8. The molecule has 1 heterocycles. The van der Waals surface area contributed by atoms with E-state index in [4.69, 9.17) is 14.2 Å². The molecule has 0 aromatic heterocycles. The van der Waals surface area contributed by atoms with Gasteiger partial charge in [0.2, 0.25) is 0 Å². The number of phenolic OH excluding ortho intramolecular Hbond substituents is 2. The SMILES string of the molecule is COc1ccc(C(=O)C2COC(c3ccc(OC)c(O)c3)C2CO)cc1O. The van der Waals surface area contributed by atoms with E-state index in [1.165, 1.54) is 32.4 Å². The molecule has 0 spiro atoms. The van der Waals surface area contributed by atoms with Gasteiger partial charge in [0.15, 0.2) is 28.8 Å². The molecular formula is C20H22O7. The summed E-state index contributed by atoms with van der Waals surface area (Å²) in [6.07, 6.45) is -0.535. The minimum absolute atomic E-state index is 0.0369. The number of carbonyl (C=O) groups excluding carboxylic acids is 1. The van der Waals surface area contributed by atoms with Crippen molar-refractivity contribution >= 4 is 5.78 Å². The van der Waals surface area contributed by atoms with E-state index in [1.54, 1.807) is 18.2 Å². The smallest absolute Gasteiger partial charge is 0.168 e. The summed E-state index contributed by atoms with van der Waals surface area (Å²) in [6, 6.07) is 9.30. The van der Waals surface area contributed by atoms with Gasteiger partial charge < -0.3 is 29.5 Å². The Hall–Kier alpha value is -2.77. The van der Waals surface area contributed by atoms with Crippen LogP contribution in [-0.4, -0.2) is 48.5 Å². The number of ether oxygens (including phenoxy) is 3. The van der Waals surface area contributed by atoms with Gasteiger partial charge in [-0.15, -0.1) is 0 Å². The standard InChI is InChI=1S/C20H22O7/c1-25-17-5-3-11(7-15(17)22)19(24)14-10-27-20(13(14)9-21)12-4-6-18(26-2)16(23)8-12/h3-8,13-14,20-23H,9-10H2,1-2H3. The third-order valence-electron chi connectivity index (χ3n) is 4.90. The molecule has 1 aliphatic heterocycles. The van der Waals surface area contributed by atoms with Crippen molar-refractivity contribution < 1.29 is 34.3 Å². The van der Waals surface area contributed by atoms with Crippen LogP contribution in [0.15, 0.2) is 36.4 Å². The van der Waals surface area contributed by atoms with Gasteiger partial charge in [-0.25, -0.2) is 0 Å². The van der Waals surface area contributed by atoms with Crippen molar-refractivity contribution in [1.29, 1.82) is 0 Å². The highest BCUT2D eigenvalue weighted by Gasteiger charge is 2.42. The van der Waals surface area contributed by atoms with Gasteiger partial charge in [-0.1, -0.05) is 6.07 Å². The lowest BCUT2D eigenvalue weighted by molar-refractivity contribution is 0.0713. The first kappa shape index (κ1) is 19.0. The Morgan fingerprint density at radius 3 is 2.26 bits per heavy atom. The second-order valence-corrected chi connectivity index (χ2v) is 6.39. The Morgan fingerprint density at radius 1 is 1.07 bits per heavy atom. The van der Waals surface area contributed by atoms with Crippen molar-refractivity contribution in [3.63, 3.8) is 0 Å². The van der Waals surface area contributed by atoms with Gasteiger partial charge in [-0.2, -0.15) is 0 Å². The molecular weight excluding hydrogens is 352 g/mol. The maximum absolute atomic E-state index is 12.9. The molecule has 2 aromatic rings. The van der Waals surface area contributed by atoms with E-state index in [2.05, 4.69) is 0 Å². The molecule has 0 saturated carbocycles. The molecule has 27 heavy (non-hydrogen) atoms. The van der Waals surface area contributed by atoms with Gasteiger partial charge >= 0.3 is 0 Å². The summed E-state index contributed by atoms with van der Waals surface area (Å²) in [7, 11) is 2.88. The molecule has 3 unspecified atom stereocenters. The second-order valence-electron chi connectivity index (χ2n) is 6.39. The maximum Gasteiger partial charge on any atom is 0.168 e. The van der Waals surface area contributed by atoms with Crippen LogP contribution in [0.25, 0.3) is 0 Å². The third kappa shape index (κ3) is 3.56. The van der Waals surface area contributed by atoms with E-state index >= 15 is 0 Å². The predicted octanol–water partition coefficient (Wildman–Crippen LogP) is 2.29. The van der Waals surface area contributed by atoms with Crippen molar-refractivity contribution in [3.05, 3.63) is 47.5 Å². The topological polar surface area (TPSA) is 105 Å². The Morgan fingerprint density at radius 2 is 1.70 bits per heavy atom. The fraction of sp³-hybridized carbons (Fsp3) is 0.350. The van der Waals surface area contributed by atoms with Crippen LogP contribution in [0.2, 0.25) is 0 Å². The summed E-state index contributed by atoms with van der Waals surface area (Å²) in [5.74, 6) is -0.832. The summed E-state index contributed by atoms with van der Waals surface area (Å²) in [4.78, 5) is 12.9. The molecule has 7 nitrogen and oxygen atoms in total. The van der Waals surface area contributed by atoms with E-state index in [0.717, 1.165) is 0 Å². The summed E-state index contributed by atoms with van der Waals surface area (Å²) in [5, 5.41) is 29.8. The first-order valence-electron chi connectivity index (χ1n) is 8.50. The number of ketones is 1. The number of carbonyl (C=O) groups is 1. The van der Waals surface area contributed by atoms with Crippen LogP contribution in [0.5, 0.6) is 23.0 Å². The Bertz CT molecular complexity index is 833. The molecule has 144 valence electrons. The Kier molecular flexibility index (Phi) is 5.53. The molecule has 3 rings (SSSR count). The summed E-state index contributed by atoms with van der Waals surface area (Å²) in [6.45, 7) is -0.121. The lowest BCUT2D eigenvalue weighted by atomic mass is 9.83. The zero-order chi connectivity index (χ0) is 19.6. The highest BCUT2D eigenvalue weighted by Crippen LogP contribution is 2.42. The quantitative estimate of drug-likeness (QED) is 0.666. The number of aliphatic hydroxyl groups is 1. The first-order valence-corrected chi connectivity index (χ1v) is 8.50. The second kappa shape index (κ2) is 7.85. The molecule has 0 bridgehead atoms. The average Bonchev–Trinajstić information content (AvgIpc) is 3.11. The van der Waals surface area contributed by atoms with Gasteiger partial charge in [-0.3, -0.25) is 4.79 Å². The van der Waals surface area contributed by atoms with Crippen molar-refractivity contribution in [2.75, 3.05) is 27.4 Å². The van der Waals surface area contributed by atoms with E-state index in [1.807, 2.05) is 0 Å². The number of hydrogen-bond donors (Lipinski definition) is 3. The molecule has 7 heteroatoms. The van der Waals surface area contributed by atoms with Crippen LogP contribution in [0.3, 0.4) is 0 Å². The fourth-order valence-corrected chi connectivity index (χ4v) is 3.44. The summed E-state index contributed by atoms with van der Waals surface area (Å²) in [5.41, 5.74) is 0.971. The highest BCUT2D eigenvalue weighted by atomic mass is 16.5. The fourth-order valence-electron chi connectivity index (χ4n) is 3.44. The number of methoxy groups -OCH3 is 2. The van der Waals surface area contributed by atoms with E-state index in [-0.39, 0.29) is 36.2 Å². The largest absolute Gasteiger partial charge is 0.504 e. The van der Waals surface area contributed by atoms with Gasteiger partial charge in [0.1, 0.15) is 0 Å². The highest BCUT2D eigenvalue weighted by molar-refractivity contribution is 5.99. The minimum atomic E-state index is -0.572. The Balaban J connectivity index is 1.84. The van der Waals surface area contributed by atoms with Crippen LogP contribution >= 0.6 is 0 Å². The lowest BCUT2D eigenvalue weighted by Gasteiger charge is -2.21. The molecule has 1 saturated heterocycles. The van der Waals surface area contributed by atoms with Crippen molar-refractivity contribution in [1.82, 2.24) is 0 Å². The van der Waals surface area contributed by atoms with Crippen LogP contribution in [-0.2, 0) is 4.74 Å². The van der Waals surface area contributed by atoms with E-state index in [0.29, 0.717) is 16.9 Å². The predicted molar refractivity (Wildman–Crippen MR) is 96.4 cm³/mol. The molecule has 0 radical (unpaired) electrons. The number of rotatable bonds is 6. The lowest BCUT2D eigenvalue weighted by Crippen LogP contribution is -2.26. The number of aromatic hydroxyl groups is 2. The first-order chi connectivity index (χ1) is 13.0. The van der Waals surface area contributed by atoms with Gasteiger partial charge in [0, 0.05) is 18.1 Å². The van der Waals surface area contributed by atoms with Crippen LogP contribution in [0.4, 0.5) is 0 Å². The number of hydrogen-bond acceptors (Lipinski definition) is 7. The normalized spacial score (nSPS) is 21.8. The number of phenols is 2. The maximum atomic E-state index is 12.9. The zero-order valence-corrected chi connectivity index (χ0v) is 15.1. The number of benzene rings is 2. The van der Waals surface area contributed by atoms with E-state index in [9.17, 15) is 20.1 Å². The van der Waals surface area contributed by atoms with Crippen LogP contribution in [0.1, 0.15) is 22.0 Å². The number of Topliss-reactive ketones (excluding diaryl/α,β-unsaturated/α-hetero) is 1. The zero-order valence-electron chi connectivity index (χ0n) is 15.1. The minimum Gasteiger partial charge on any atom is -0.504 e. The van der Waals surface area contributed by atoms with Crippen molar-refractivity contribution in [3.8, 4) is 23.0 Å². The molecule has 1 aliphatic rings. The van der Waals surface area contributed by atoms with Crippen LogP contribution in [0, 0.1) is 11.8 Å². The average molecular weight is 374 g/mol. The molecule has 3 N–H and O–H groups in total. The third-order valence-corrected chi connectivity index (χ3v) is 4.90. The molecule has 2 aromatic carbocycles. The number of aliphatic hydroxyl groups excluding tert-OH is 1. The van der Waals surface area contributed by atoms with Crippen LogP contribution < -0.4 is 9.47 Å². The van der Waals surface area contributed by atoms with Gasteiger partial charge in [0.25, 0.3) is 0 Å².